The highest BCUT2D eigenvalue weighted by molar-refractivity contribution is 6.08. The summed E-state index contributed by atoms with van der Waals surface area (Å²) in [4.78, 5) is 39.0. The van der Waals surface area contributed by atoms with Crippen LogP contribution in [0, 0.1) is 5.92 Å². The van der Waals surface area contributed by atoms with E-state index < -0.39 is 23.4 Å². The Kier molecular flexibility index (Phi) is 3.57. The molecular weight excluding hydrogens is 320 g/mol. The van der Waals surface area contributed by atoms with Crippen molar-refractivity contribution in [2.45, 2.75) is 43.2 Å². The van der Waals surface area contributed by atoms with Crippen LogP contribution >= 0.6 is 0 Å². The molecule has 3 aliphatic rings. The lowest BCUT2D eigenvalue weighted by molar-refractivity contribution is -0.138. The van der Waals surface area contributed by atoms with Gasteiger partial charge in [-0.2, -0.15) is 0 Å². The van der Waals surface area contributed by atoms with Crippen LogP contribution in [0.2, 0.25) is 0 Å². The smallest absolute Gasteiger partial charge is 0.240 e. The van der Waals surface area contributed by atoms with E-state index in [4.69, 9.17) is 11.5 Å². The highest BCUT2D eigenvalue weighted by Gasteiger charge is 2.57. The molecule has 2 fully saturated rings. The van der Waals surface area contributed by atoms with Crippen LogP contribution in [0.5, 0.6) is 0 Å². The van der Waals surface area contributed by atoms with Gasteiger partial charge < -0.3 is 21.7 Å². The van der Waals surface area contributed by atoms with E-state index in [1.165, 1.54) is 4.90 Å². The van der Waals surface area contributed by atoms with Gasteiger partial charge in [-0.25, -0.2) is 0 Å². The van der Waals surface area contributed by atoms with E-state index >= 15 is 0 Å². The molecule has 25 heavy (non-hydrogen) atoms. The lowest BCUT2D eigenvalue weighted by atomic mass is 9.79. The van der Waals surface area contributed by atoms with Crippen molar-refractivity contribution in [1.82, 2.24) is 4.90 Å². The molecule has 0 bridgehead atoms. The number of nitrogens with one attached hydrogen (secondary N) is 1. The first-order chi connectivity index (χ1) is 11.9. The number of fused-ring (bicyclic) bond motifs is 2. The van der Waals surface area contributed by atoms with Crippen molar-refractivity contribution >= 4 is 23.4 Å². The molecule has 3 atom stereocenters. The third-order valence-corrected chi connectivity index (χ3v) is 5.70. The SMILES string of the molecule is NC(=O)[C@@H]1C[C@@]2(CN1C(=O)[C@@H](N)CC1CC1)C(=O)Nc1ccccc12. The van der Waals surface area contributed by atoms with Crippen molar-refractivity contribution in [3.05, 3.63) is 29.8 Å². The van der Waals surface area contributed by atoms with E-state index in [0.29, 0.717) is 12.3 Å². The van der Waals surface area contributed by atoms with Gasteiger partial charge in [0.25, 0.3) is 0 Å². The second-order valence-electron chi connectivity index (χ2n) is 7.46. The van der Waals surface area contributed by atoms with Crippen LogP contribution in [0.1, 0.15) is 31.2 Å². The number of primary amides is 1. The summed E-state index contributed by atoms with van der Waals surface area (Å²) in [7, 11) is 0. The Morgan fingerprint density at radius 3 is 2.72 bits per heavy atom. The van der Waals surface area contributed by atoms with Crippen molar-refractivity contribution in [3.8, 4) is 0 Å². The fraction of sp³-hybridized carbons (Fsp3) is 0.500. The summed E-state index contributed by atoms with van der Waals surface area (Å²) in [6, 6.07) is 5.92. The Labute approximate surface area is 145 Å². The van der Waals surface area contributed by atoms with Crippen molar-refractivity contribution in [2.24, 2.45) is 17.4 Å². The van der Waals surface area contributed by atoms with Crippen LogP contribution in [0.25, 0.3) is 0 Å². The third-order valence-electron chi connectivity index (χ3n) is 5.70. The number of hydrogen-bond acceptors (Lipinski definition) is 4. The summed E-state index contributed by atoms with van der Waals surface area (Å²) in [6.45, 7) is 0.140. The van der Waals surface area contributed by atoms with Gasteiger partial charge in [0.05, 0.1) is 11.5 Å². The first kappa shape index (κ1) is 16.1. The zero-order chi connectivity index (χ0) is 17.8. The summed E-state index contributed by atoms with van der Waals surface area (Å²) in [5, 5.41) is 2.86. The summed E-state index contributed by atoms with van der Waals surface area (Å²) < 4.78 is 0. The molecule has 1 spiro atoms. The van der Waals surface area contributed by atoms with Crippen LogP contribution < -0.4 is 16.8 Å². The third kappa shape index (κ3) is 2.50. The highest BCUT2D eigenvalue weighted by Crippen LogP contribution is 2.46. The molecule has 7 nitrogen and oxygen atoms in total. The number of anilines is 1. The number of nitrogens with zero attached hydrogens (tertiary/aromatic N) is 1. The minimum absolute atomic E-state index is 0.140. The molecule has 2 aliphatic heterocycles. The number of para-hydroxylation sites is 1. The van der Waals surface area contributed by atoms with Gasteiger partial charge in [0.15, 0.2) is 0 Å². The summed E-state index contributed by atoms with van der Waals surface area (Å²) in [5.41, 5.74) is 12.2. The second-order valence-corrected chi connectivity index (χ2v) is 7.46. The molecule has 0 aromatic heterocycles. The van der Waals surface area contributed by atoms with E-state index in [1.807, 2.05) is 24.3 Å². The van der Waals surface area contributed by atoms with Gasteiger partial charge in [-0.05, 0) is 30.4 Å². The second kappa shape index (κ2) is 5.56. The minimum Gasteiger partial charge on any atom is -0.368 e. The van der Waals surface area contributed by atoms with Gasteiger partial charge in [-0.15, -0.1) is 0 Å². The quantitative estimate of drug-likeness (QED) is 0.718. The molecule has 2 heterocycles. The molecule has 0 unspecified atom stereocenters. The van der Waals surface area contributed by atoms with Crippen LogP contribution in [-0.4, -0.2) is 41.2 Å². The maximum Gasteiger partial charge on any atom is 0.240 e. The molecule has 1 aromatic rings. The van der Waals surface area contributed by atoms with E-state index in [9.17, 15) is 14.4 Å². The van der Waals surface area contributed by atoms with E-state index in [2.05, 4.69) is 5.32 Å². The molecule has 3 amide bonds. The van der Waals surface area contributed by atoms with Crippen molar-refractivity contribution in [2.75, 3.05) is 11.9 Å². The molecule has 7 heteroatoms. The van der Waals surface area contributed by atoms with E-state index in [1.54, 1.807) is 0 Å². The number of carbonyl (C=O) groups is 3. The first-order valence-electron chi connectivity index (χ1n) is 8.69. The molecule has 1 aromatic carbocycles. The van der Waals surface area contributed by atoms with Gasteiger partial charge in [0, 0.05) is 12.2 Å². The maximum absolute atomic E-state index is 12.8. The Balaban J connectivity index is 1.66. The average Bonchev–Trinajstić information content (AvgIpc) is 3.23. The average molecular weight is 342 g/mol. The standard InChI is InChI=1S/C18H22N4O3/c19-12(7-10-5-6-10)16(24)22-9-18(8-14(22)15(20)23)11-3-1-2-4-13(11)21-17(18)25/h1-4,10,12,14H,5-9,19H2,(H2,20,23)(H,21,25)/t12-,14-,18-/m0/s1. The van der Waals surface area contributed by atoms with Gasteiger partial charge in [-0.3, -0.25) is 14.4 Å². The molecule has 4 rings (SSSR count). The fourth-order valence-corrected chi connectivity index (χ4v) is 4.15. The number of amides is 3. The van der Waals surface area contributed by atoms with Gasteiger partial charge in [0.1, 0.15) is 6.04 Å². The van der Waals surface area contributed by atoms with Crippen LogP contribution in [0.15, 0.2) is 24.3 Å². The number of carbonyl (C=O) groups excluding carboxylic acids is 3. The number of benzene rings is 1. The van der Waals surface area contributed by atoms with E-state index in [0.717, 1.165) is 24.1 Å². The molecule has 1 saturated carbocycles. The largest absolute Gasteiger partial charge is 0.368 e. The zero-order valence-corrected chi connectivity index (χ0v) is 13.9. The predicted octanol–water partition coefficient (Wildman–Crippen LogP) is 0.0901. The zero-order valence-electron chi connectivity index (χ0n) is 13.9. The Bertz CT molecular complexity index is 760. The minimum atomic E-state index is -0.925. The van der Waals surface area contributed by atoms with E-state index in [-0.39, 0.29) is 24.8 Å². The fourth-order valence-electron chi connectivity index (χ4n) is 4.15. The van der Waals surface area contributed by atoms with Crippen LogP contribution in [-0.2, 0) is 19.8 Å². The molecular formula is C18H22N4O3. The summed E-state index contributed by atoms with van der Waals surface area (Å²) in [5.74, 6) is -0.574. The number of likely N-dealkylation sites (tertiary alicyclic amines) is 1. The number of nitrogens with two attached hydrogens (primary N) is 2. The lowest BCUT2D eigenvalue weighted by Crippen LogP contribution is -2.50. The summed E-state index contributed by atoms with van der Waals surface area (Å²) in [6.07, 6.45) is 3.02. The topological polar surface area (TPSA) is 119 Å². The van der Waals surface area contributed by atoms with Gasteiger partial charge >= 0.3 is 0 Å². The van der Waals surface area contributed by atoms with Crippen molar-refractivity contribution in [1.29, 1.82) is 0 Å². The monoisotopic (exact) mass is 342 g/mol. The van der Waals surface area contributed by atoms with Crippen molar-refractivity contribution in [3.63, 3.8) is 0 Å². The number of hydrogen-bond donors (Lipinski definition) is 3. The van der Waals surface area contributed by atoms with Crippen molar-refractivity contribution < 1.29 is 14.4 Å². The molecule has 0 radical (unpaired) electrons. The Morgan fingerprint density at radius 2 is 2.04 bits per heavy atom. The normalized spacial score (nSPS) is 28.8. The molecule has 5 N–H and O–H groups in total. The van der Waals surface area contributed by atoms with Crippen LogP contribution in [0.3, 0.4) is 0 Å². The molecule has 1 aliphatic carbocycles. The number of rotatable bonds is 4. The van der Waals surface area contributed by atoms with Gasteiger partial charge in [0.2, 0.25) is 17.7 Å². The predicted molar refractivity (Wildman–Crippen MR) is 91.4 cm³/mol. The Morgan fingerprint density at radius 1 is 1.32 bits per heavy atom. The Hall–Kier alpha value is -2.41. The van der Waals surface area contributed by atoms with Crippen LogP contribution in [0.4, 0.5) is 5.69 Å². The first-order valence-corrected chi connectivity index (χ1v) is 8.69. The lowest BCUT2D eigenvalue weighted by Gasteiger charge is -2.26. The summed E-state index contributed by atoms with van der Waals surface area (Å²) >= 11 is 0. The maximum atomic E-state index is 12.8. The highest BCUT2D eigenvalue weighted by atomic mass is 16.2. The van der Waals surface area contributed by atoms with Gasteiger partial charge in [-0.1, -0.05) is 31.0 Å². The molecule has 132 valence electrons. The molecule has 1 saturated heterocycles.